The zero-order valence-electron chi connectivity index (χ0n) is 14.7. The lowest BCUT2D eigenvalue weighted by Crippen LogP contribution is -2.14. The number of rotatable bonds is 5. The smallest absolute Gasteiger partial charge is 0.256 e. The van der Waals surface area contributed by atoms with Crippen LogP contribution in [0.5, 0.6) is 0 Å². The summed E-state index contributed by atoms with van der Waals surface area (Å²) in [6.45, 7) is 4.15. The van der Waals surface area contributed by atoms with Crippen molar-refractivity contribution >= 4 is 39.9 Å². The Morgan fingerprint density at radius 3 is 2.27 bits per heavy atom. The van der Waals surface area contributed by atoms with Crippen molar-refractivity contribution in [3.63, 3.8) is 0 Å². The Balaban J connectivity index is 1.88. The third kappa shape index (κ3) is 3.97. The topological polar surface area (TPSA) is 83.1 Å². The Labute approximate surface area is 151 Å². The first-order chi connectivity index (χ1) is 12.6. The average Bonchev–Trinajstić information content (AvgIpc) is 2.62. The molecule has 0 bridgehead atoms. The fraction of sp³-hybridized carbons (Fsp3) is 0.150. The van der Waals surface area contributed by atoms with Crippen LogP contribution in [0.3, 0.4) is 0 Å². The van der Waals surface area contributed by atoms with Crippen molar-refractivity contribution in [2.45, 2.75) is 13.8 Å². The van der Waals surface area contributed by atoms with Crippen LogP contribution in [-0.4, -0.2) is 23.3 Å². The summed E-state index contributed by atoms with van der Waals surface area (Å²) >= 11 is 0. The number of amides is 2. The van der Waals surface area contributed by atoms with Gasteiger partial charge in [-0.15, -0.1) is 0 Å². The molecule has 0 saturated carbocycles. The predicted octanol–water partition coefficient (Wildman–Crippen LogP) is 3.88. The Kier molecular flexibility index (Phi) is 5.12. The molecule has 1 aromatic heterocycles. The Bertz CT molecular complexity index is 952. The number of aromatic nitrogens is 1. The molecule has 6 nitrogen and oxygen atoms in total. The molecule has 2 amide bonds. The zero-order valence-corrected chi connectivity index (χ0v) is 14.7. The van der Waals surface area contributed by atoms with Crippen molar-refractivity contribution < 1.29 is 9.59 Å². The van der Waals surface area contributed by atoms with E-state index in [9.17, 15) is 9.59 Å². The van der Waals surface area contributed by atoms with Gasteiger partial charge < -0.3 is 16.0 Å². The van der Waals surface area contributed by atoms with Crippen molar-refractivity contribution in [2.24, 2.45) is 0 Å². The first-order valence-corrected chi connectivity index (χ1v) is 8.39. The van der Waals surface area contributed by atoms with E-state index in [0.717, 1.165) is 17.4 Å². The van der Waals surface area contributed by atoms with Gasteiger partial charge in [0.15, 0.2) is 0 Å². The SMILES string of the molecule is CCNc1cc(C(=O)Nc2ccc(NC(C)=O)cc2)c2ccccc2n1. The number of nitrogens with zero attached hydrogens (tertiary/aromatic N) is 1. The number of hydrogen-bond donors (Lipinski definition) is 3. The highest BCUT2D eigenvalue weighted by Gasteiger charge is 2.13. The molecule has 0 saturated heterocycles. The molecule has 1 heterocycles. The molecule has 0 aliphatic heterocycles. The fourth-order valence-electron chi connectivity index (χ4n) is 2.67. The van der Waals surface area contributed by atoms with Gasteiger partial charge in [-0.1, -0.05) is 18.2 Å². The second-order valence-corrected chi connectivity index (χ2v) is 5.82. The largest absolute Gasteiger partial charge is 0.370 e. The zero-order chi connectivity index (χ0) is 18.5. The second-order valence-electron chi connectivity index (χ2n) is 5.82. The third-order valence-corrected chi connectivity index (χ3v) is 3.78. The first kappa shape index (κ1) is 17.4. The summed E-state index contributed by atoms with van der Waals surface area (Å²) in [5.41, 5.74) is 2.64. The van der Waals surface area contributed by atoms with E-state index in [1.54, 1.807) is 30.3 Å². The maximum atomic E-state index is 12.8. The Morgan fingerprint density at radius 2 is 1.62 bits per heavy atom. The number of anilines is 3. The molecular formula is C20H20N4O2. The van der Waals surface area contributed by atoms with Gasteiger partial charge in [0.2, 0.25) is 5.91 Å². The summed E-state index contributed by atoms with van der Waals surface area (Å²) < 4.78 is 0. The van der Waals surface area contributed by atoms with Gasteiger partial charge in [0.05, 0.1) is 11.1 Å². The van der Waals surface area contributed by atoms with Crippen LogP contribution in [0.15, 0.2) is 54.6 Å². The third-order valence-electron chi connectivity index (χ3n) is 3.78. The molecule has 0 spiro atoms. The molecule has 132 valence electrons. The van der Waals surface area contributed by atoms with Gasteiger partial charge in [-0.2, -0.15) is 0 Å². The van der Waals surface area contributed by atoms with Gasteiger partial charge >= 0.3 is 0 Å². The number of nitrogens with one attached hydrogen (secondary N) is 3. The molecule has 26 heavy (non-hydrogen) atoms. The van der Waals surface area contributed by atoms with Crippen LogP contribution in [0, 0.1) is 0 Å². The number of fused-ring (bicyclic) bond motifs is 1. The number of carbonyl (C=O) groups excluding carboxylic acids is 2. The van der Waals surface area contributed by atoms with Crippen molar-refractivity contribution in [1.82, 2.24) is 4.98 Å². The highest BCUT2D eigenvalue weighted by Crippen LogP contribution is 2.22. The van der Waals surface area contributed by atoms with Crippen molar-refractivity contribution in [3.05, 3.63) is 60.2 Å². The molecule has 0 unspecified atom stereocenters. The molecule has 0 radical (unpaired) electrons. The summed E-state index contributed by atoms with van der Waals surface area (Å²) in [7, 11) is 0. The molecule has 6 heteroatoms. The van der Waals surface area contributed by atoms with E-state index in [4.69, 9.17) is 0 Å². The summed E-state index contributed by atoms with van der Waals surface area (Å²) in [6.07, 6.45) is 0. The predicted molar refractivity (Wildman–Crippen MR) is 105 cm³/mol. The van der Waals surface area contributed by atoms with Gasteiger partial charge in [0.25, 0.3) is 5.91 Å². The monoisotopic (exact) mass is 348 g/mol. The molecule has 3 aromatic rings. The number of hydrogen-bond acceptors (Lipinski definition) is 4. The van der Waals surface area contributed by atoms with E-state index in [1.807, 2.05) is 31.2 Å². The Hall–Kier alpha value is -3.41. The molecule has 3 rings (SSSR count). The van der Waals surface area contributed by atoms with Gasteiger partial charge in [-0.05, 0) is 43.3 Å². The summed E-state index contributed by atoms with van der Waals surface area (Å²) in [5, 5.41) is 9.53. The minimum absolute atomic E-state index is 0.138. The molecule has 0 aliphatic carbocycles. The number of pyridine rings is 1. The fourth-order valence-corrected chi connectivity index (χ4v) is 2.67. The van der Waals surface area contributed by atoms with Crippen LogP contribution in [-0.2, 0) is 4.79 Å². The molecule has 0 fully saturated rings. The molecular weight excluding hydrogens is 328 g/mol. The van der Waals surface area contributed by atoms with E-state index in [2.05, 4.69) is 20.9 Å². The molecule has 0 atom stereocenters. The minimum atomic E-state index is -0.213. The van der Waals surface area contributed by atoms with Crippen molar-refractivity contribution in [2.75, 3.05) is 22.5 Å². The number of benzene rings is 2. The van der Waals surface area contributed by atoms with Crippen molar-refractivity contribution in [3.8, 4) is 0 Å². The normalized spacial score (nSPS) is 10.4. The van der Waals surface area contributed by atoms with E-state index in [0.29, 0.717) is 22.8 Å². The van der Waals surface area contributed by atoms with E-state index >= 15 is 0 Å². The lowest BCUT2D eigenvalue weighted by molar-refractivity contribution is -0.114. The van der Waals surface area contributed by atoms with E-state index < -0.39 is 0 Å². The van der Waals surface area contributed by atoms with Crippen LogP contribution < -0.4 is 16.0 Å². The van der Waals surface area contributed by atoms with E-state index in [1.165, 1.54) is 6.92 Å². The van der Waals surface area contributed by atoms with Gasteiger partial charge in [-0.25, -0.2) is 4.98 Å². The van der Waals surface area contributed by atoms with Crippen LogP contribution in [0.2, 0.25) is 0 Å². The number of carbonyl (C=O) groups is 2. The molecule has 0 aliphatic rings. The Morgan fingerprint density at radius 1 is 0.962 bits per heavy atom. The van der Waals surface area contributed by atoms with Gasteiger partial charge in [0, 0.05) is 30.2 Å². The standard InChI is InChI=1S/C20H20N4O2/c1-3-21-19-12-17(16-6-4-5-7-18(16)24-19)20(26)23-15-10-8-14(9-11-15)22-13(2)25/h4-12H,3H2,1-2H3,(H,21,24)(H,22,25)(H,23,26). The van der Waals surface area contributed by atoms with E-state index in [-0.39, 0.29) is 11.8 Å². The minimum Gasteiger partial charge on any atom is -0.370 e. The first-order valence-electron chi connectivity index (χ1n) is 8.39. The number of para-hydroxylation sites is 1. The summed E-state index contributed by atoms with van der Waals surface area (Å²) in [5.74, 6) is 0.313. The van der Waals surface area contributed by atoms with Gasteiger partial charge in [0.1, 0.15) is 5.82 Å². The van der Waals surface area contributed by atoms with Crippen LogP contribution in [0.1, 0.15) is 24.2 Å². The second kappa shape index (κ2) is 7.65. The molecule has 3 N–H and O–H groups in total. The lowest BCUT2D eigenvalue weighted by Gasteiger charge is -2.11. The maximum absolute atomic E-state index is 12.8. The van der Waals surface area contributed by atoms with Crippen LogP contribution in [0.25, 0.3) is 10.9 Å². The quantitative estimate of drug-likeness (QED) is 0.653. The van der Waals surface area contributed by atoms with Crippen LogP contribution >= 0.6 is 0 Å². The summed E-state index contributed by atoms with van der Waals surface area (Å²) in [6, 6.07) is 16.3. The average molecular weight is 348 g/mol. The van der Waals surface area contributed by atoms with Crippen molar-refractivity contribution in [1.29, 1.82) is 0 Å². The van der Waals surface area contributed by atoms with Gasteiger partial charge in [-0.3, -0.25) is 9.59 Å². The summed E-state index contributed by atoms with van der Waals surface area (Å²) in [4.78, 5) is 28.4. The van der Waals surface area contributed by atoms with Crippen LogP contribution in [0.4, 0.5) is 17.2 Å². The lowest BCUT2D eigenvalue weighted by atomic mass is 10.1. The maximum Gasteiger partial charge on any atom is 0.256 e. The molecule has 2 aromatic carbocycles. The highest BCUT2D eigenvalue weighted by atomic mass is 16.2. The highest BCUT2D eigenvalue weighted by molar-refractivity contribution is 6.13.